The first kappa shape index (κ1) is 13.0. The number of carboxylic acids is 1. The zero-order valence-corrected chi connectivity index (χ0v) is 10.8. The molecule has 104 valence electrons. The van der Waals surface area contributed by atoms with Gasteiger partial charge in [-0.3, -0.25) is 0 Å². The summed E-state index contributed by atoms with van der Waals surface area (Å²) < 4.78 is 14.4. The molecule has 0 aliphatic carbocycles. The molecule has 0 saturated carbocycles. The van der Waals surface area contributed by atoms with Crippen LogP contribution >= 0.6 is 0 Å². The van der Waals surface area contributed by atoms with Gasteiger partial charge in [-0.2, -0.15) is 0 Å². The third kappa shape index (κ3) is 2.64. The number of nitrogens with zero attached hydrogens (tertiary/aromatic N) is 3. The van der Waals surface area contributed by atoms with E-state index < -0.39 is 5.97 Å². The largest absolute Gasteiger partial charge is 0.478 e. The molecule has 0 radical (unpaired) electrons. The van der Waals surface area contributed by atoms with Crippen LogP contribution in [0, 0.1) is 5.82 Å². The number of benzene rings is 2. The van der Waals surface area contributed by atoms with Crippen molar-refractivity contribution in [3.8, 4) is 16.9 Å². The number of carbonyl (C=O) groups is 1. The Morgan fingerprint density at radius 3 is 2.33 bits per heavy atom. The fourth-order valence-corrected chi connectivity index (χ4v) is 1.90. The quantitative estimate of drug-likeness (QED) is 0.802. The Morgan fingerprint density at radius 1 is 1.05 bits per heavy atom. The normalized spacial score (nSPS) is 10.5. The molecule has 0 fully saturated rings. The van der Waals surface area contributed by atoms with Crippen molar-refractivity contribution in [1.82, 2.24) is 15.0 Å². The molecule has 0 saturated heterocycles. The Kier molecular flexibility index (Phi) is 3.19. The van der Waals surface area contributed by atoms with E-state index in [1.54, 1.807) is 30.5 Å². The van der Waals surface area contributed by atoms with Crippen molar-refractivity contribution in [3.05, 3.63) is 66.1 Å². The summed E-state index contributed by atoms with van der Waals surface area (Å²) in [7, 11) is 0. The minimum absolute atomic E-state index is 0.206. The molecule has 21 heavy (non-hydrogen) atoms. The molecule has 0 unspecified atom stereocenters. The predicted molar refractivity (Wildman–Crippen MR) is 73.7 cm³/mol. The molecule has 5 nitrogen and oxygen atoms in total. The zero-order valence-electron chi connectivity index (χ0n) is 10.8. The number of hydrogen-bond donors (Lipinski definition) is 1. The van der Waals surface area contributed by atoms with E-state index in [0.717, 1.165) is 5.56 Å². The van der Waals surface area contributed by atoms with E-state index in [-0.39, 0.29) is 11.4 Å². The smallest absolute Gasteiger partial charge is 0.335 e. The summed E-state index contributed by atoms with van der Waals surface area (Å²) in [5.41, 5.74) is 2.26. The molecule has 3 rings (SSSR count). The summed E-state index contributed by atoms with van der Waals surface area (Å²) in [6.45, 7) is 0. The van der Waals surface area contributed by atoms with Gasteiger partial charge in [-0.25, -0.2) is 13.9 Å². The lowest BCUT2D eigenvalue weighted by Crippen LogP contribution is -1.98. The maximum absolute atomic E-state index is 12.9. The van der Waals surface area contributed by atoms with Gasteiger partial charge in [0.25, 0.3) is 0 Å². The Balaban J connectivity index is 1.90. The molecule has 0 spiro atoms. The molecule has 0 atom stereocenters. The summed E-state index contributed by atoms with van der Waals surface area (Å²) in [6, 6.07) is 12.2. The van der Waals surface area contributed by atoms with Crippen LogP contribution in [0.5, 0.6) is 0 Å². The highest BCUT2D eigenvalue weighted by Gasteiger charge is 2.07. The number of rotatable bonds is 3. The van der Waals surface area contributed by atoms with E-state index in [0.29, 0.717) is 11.4 Å². The molecule has 2 aromatic carbocycles. The second-order valence-electron chi connectivity index (χ2n) is 4.41. The molecular weight excluding hydrogens is 273 g/mol. The van der Waals surface area contributed by atoms with Crippen LogP contribution in [0.4, 0.5) is 4.39 Å². The number of halogens is 1. The molecule has 0 amide bonds. The van der Waals surface area contributed by atoms with Gasteiger partial charge in [-0.05, 0) is 48.5 Å². The van der Waals surface area contributed by atoms with Gasteiger partial charge in [0.1, 0.15) is 11.5 Å². The second-order valence-corrected chi connectivity index (χ2v) is 4.41. The SMILES string of the molecule is O=C(O)c1ccc(-n2cc(-c3ccc(F)cc3)nn2)cc1. The van der Waals surface area contributed by atoms with Gasteiger partial charge in [0, 0.05) is 5.56 Å². The maximum atomic E-state index is 12.9. The van der Waals surface area contributed by atoms with E-state index in [9.17, 15) is 9.18 Å². The topological polar surface area (TPSA) is 68.0 Å². The lowest BCUT2D eigenvalue weighted by molar-refractivity contribution is 0.0697. The van der Waals surface area contributed by atoms with Crippen LogP contribution in [-0.4, -0.2) is 26.1 Å². The van der Waals surface area contributed by atoms with E-state index in [1.807, 2.05) is 0 Å². The molecule has 0 aliphatic rings. The summed E-state index contributed by atoms with van der Waals surface area (Å²) >= 11 is 0. The van der Waals surface area contributed by atoms with Gasteiger partial charge in [-0.15, -0.1) is 5.10 Å². The highest BCUT2D eigenvalue weighted by molar-refractivity contribution is 5.87. The van der Waals surface area contributed by atoms with Crippen LogP contribution < -0.4 is 0 Å². The van der Waals surface area contributed by atoms with E-state index in [2.05, 4.69) is 10.3 Å². The van der Waals surface area contributed by atoms with Crippen LogP contribution in [0.1, 0.15) is 10.4 Å². The summed E-state index contributed by atoms with van der Waals surface area (Å²) in [5, 5.41) is 16.9. The van der Waals surface area contributed by atoms with E-state index in [1.165, 1.54) is 28.9 Å². The van der Waals surface area contributed by atoms with Gasteiger partial charge in [0.05, 0.1) is 17.4 Å². The fourth-order valence-electron chi connectivity index (χ4n) is 1.90. The molecule has 0 aliphatic heterocycles. The highest BCUT2D eigenvalue weighted by Crippen LogP contribution is 2.18. The molecule has 6 heteroatoms. The van der Waals surface area contributed by atoms with Gasteiger partial charge in [-0.1, -0.05) is 5.21 Å². The molecule has 0 bridgehead atoms. The van der Waals surface area contributed by atoms with Crippen LogP contribution in [-0.2, 0) is 0 Å². The van der Waals surface area contributed by atoms with Crippen LogP contribution in [0.3, 0.4) is 0 Å². The molecule has 1 heterocycles. The Labute approximate surface area is 119 Å². The average Bonchev–Trinajstić information content (AvgIpc) is 2.98. The Hall–Kier alpha value is -3.02. The minimum Gasteiger partial charge on any atom is -0.478 e. The van der Waals surface area contributed by atoms with Crippen molar-refractivity contribution in [2.75, 3.05) is 0 Å². The van der Waals surface area contributed by atoms with Crippen LogP contribution in [0.25, 0.3) is 16.9 Å². The molecular formula is C15H10FN3O2. The second kappa shape index (κ2) is 5.16. The number of hydrogen-bond acceptors (Lipinski definition) is 3. The van der Waals surface area contributed by atoms with Gasteiger partial charge in [0.15, 0.2) is 0 Å². The van der Waals surface area contributed by atoms with Crippen molar-refractivity contribution in [2.45, 2.75) is 0 Å². The lowest BCUT2D eigenvalue weighted by Gasteiger charge is -2.00. The lowest BCUT2D eigenvalue weighted by atomic mass is 10.2. The first-order chi connectivity index (χ1) is 10.1. The minimum atomic E-state index is -0.979. The molecule has 1 aromatic heterocycles. The third-order valence-electron chi connectivity index (χ3n) is 3.01. The van der Waals surface area contributed by atoms with Crippen molar-refractivity contribution >= 4 is 5.97 Å². The van der Waals surface area contributed by atoms with Gasteiger partial charge in [0.2, 0.25) is 0 Å². The molecule has 1 N–H and O–H groups in total. The van der Waals surface area contributed by atoms with Crippen LogP contribution in [0.15, 0.2) is 54.7 Å². The predicted octanol–water partition coefficient (Wildman–Crippen LogP) is 2.77. The fraction of sp³-hybridized carbons (Fsp3) is 0. The first-order valence-electron chi connectivity index (χ1n) is 6.15. The average molecular weight is 283 g/mol. The van der Waals surface area contributed by atoms with Crippen molar-refractivity contribution in [1.29, 1.82) is 0 Å². The van der Waals surface area contributed by atoms with Crippen molar-refractivity contribution in [3.63, 3.8) is 0 Å². The van der Waals surface area contributed by atoms with E-state index in [4.69, 9.17) is 5.11 Å². The highest BCUT2D eigenvalue weighted by atomic mass is 19.1. The monoisotopic (exact) mass is 283 g/mol. The van der Waals surface area contributed by atoms with E-state index >= 15 is 0 Å². The number of aromatic carboxylic acids is 1. The number of carboxylic acid groups (broad SMARTS) is 1. The maximum Gasteiger partial charge on any atom is 0.335 e. The number of aromatic nitrogens is 3. The first-order valence-corrected chi connectivity index (χ1v) is 6.15. The Morgan fingerprint density at radius 2 is 1.71 bits per heavy atom. The third-order valence-corrected chi connectivity index (χ3v) is 3.01. The van der Waals surface area contributed by atoms with Gasteiger partial charge >= 0.3 is 5.97 Å². The molecule has 3 aromatic rings. The van der Waals surface area contributed by atoms with Crippen molar-refractivity contribution < 1.29 is 14.3 Å². The summed E-state index contributed by atoms with van der Waals surface area (Å²) in [6.07, 6.45) is 1.70. The summed E-state index contributed by atoms with van der Waals surface area (Å²) in [5.74, 6) is -1.29. The van der Waals surface area contributed by atoms with Gasteiger partial charge < -0.3 is 5.11 Å². The Bertz CT molecular complexity index is 779. The summed E-state index contributed by atoms with van der Waals surface area (Å²) in [4.78, 5) is 10.8. The standard InChI is InChI=1S/C15H10FN3O2/c16-12-5-1-10(2-6-12)14-9-19(18-17-14)13-7-3-11(4-8-13)15(20)21/h1-9H,(H,20,21). The van der Waals surface area contributed by atoms with Crippen molar-refractivity contribution in [2.24, 2.45) is 0 Å². The van der Waals surface area contributed by atoms with Crippen LogP contribution in [0.2, 0.25) is 0 Å². The zero-order chi connectivity index (χ0) is 14.8.